The van der Waals surface area contributed by atoms with Gasteiger partial charge in [-0.2, -0.15) is 0 Å². The molecule has 0 aliphatic carbocycles. The van der Waals surface area contributed by atoms with Crippen molar-refractivity contribution in [3.05, 3.63) is 80.5 Å². The van der Waals surface area contributed by atoms with Crippen LogP contribution in [0.5, 0.6) is 0 Å². The Morgan fingerprint density at radius 1 is 0.857 bits per heavy atom. The first-order chi connectivity index (χ1) is 10.2. The Hall–Kier alpha value is -1.88. The van der Waals surface area contributed by atoms with Gasteiger partial charge >= 0.3 is 0 Å². The first kappa shape index (κ1) is 14.1. The Bertz CT molecular complexity index is 823. The average Bonchev–Trinajstić information content (AvgIpc) is 2.53. The topological polar surface area (TPSA) is 22.0 Å². The second kappa shape index (κ2) is 5.85. The molecule has 3 rings (SSSR count). The van der Waals surface area contributed by atoms with E-state index in [-0.39, 0.29) is 5.43 Å². The van der Waals surface area contributed by atoms with Gasteiger partial charge in [-0.05, 0) is 33.7 Å². The molecule has 1 heterocycles. The van der Waals surface area contributed by atoms with Gasteiger partial charge in [0.05, 0.1) is 15.0 Å². The van der Waals surface area contributed by atoms with Crippen LogP contribution in [0.3, 0.4) is 0 Å². The largest absolute Gasteiger partial charge is 0.343 e. The van der Waals surface area contributed by atoms with Crippen molar-refractivity contribution in [1.29, 1.82) is 0 Å². The first-order valence-corrected chi connectivity index (χ1v) is 7.77. The molecule has 2 nitrogen and oxygen atoms in total. The van der Waals surface area contributed by atoms with Crippen LogP contribution in [-0.4, -0.2) is 4.57 Å². The zero-order valence-corrected chi connectivity index (χ0v) is 13.7. The van der Waals surface area contributed by atoms with E-state index in [4.69, 9.17) is 0 Å². The third kappa shape index (κ3) is 2.65. The lowest BCUT2D eigenvalue weighted by molar-refractivity contribution is 0.914. The van der Waals surface area contributed by atoms with Crippen LogP contribution in [0.2, 0.25) is 0 Å². The Morgan fingerprint density at radius 3 is 1.95 bits per heavy atom. The third-order valence-corrected chi connectivity index (χ3v) is 4.55. The van der Waals surface area contributed by atoms with Gasteiger partial charge in [-0.15, -0.1) is 0 Å². The van der Waals surface area contributed by atoms with E-state index in [1.165, 1.54) is 0 Å². The lowest BCUT2D eigenvalue weighted by Gasteiger charge is -2.16. The Labute approximate surface area is 137 Å². The molecule has 0 fully saturated rings. The van der Waals surface area contributed by atoms with E-state index in [1.807, 2.05) is 67.7 Å². The summed E-state index contributed by atoms with van der Waals surface area (Å²) in [6.07, 6.45) is 0. The highest BCUT2D eigenvalue weighted by Gasteiger charge is 2.13. The third-order valence-electron chi connectivity index (χ3n) is 3.51. The average molecular weight is 387 g/mol. The summed E-state index contributed by atoms with van der Waals surface area (Å²) in [5, 5.41) is 0. The molecule has 21 heavy (non-hydrogen) atoms. The SMILES string of the molecule is Cn1c(-c2ccccc2)cc(=O)c(I)c1-c1ccccc1. The summed E-state index contributed by atoms with van der Waals surface area (Å²) in [6, 6.07) is 21.7. The van der Waals surface area contributed by atoms with Crippen LogP contribution in [0, 0.1) is 3.57 Å². The maximum atomic E-state index is 12.3. The van der Waals surface area contributed by atoms with Gasteiger partial charge in [-0.3, -0.25) is 4.79 Å². The summed E-state index contributed by atoms with van der Waals surface area (Å²) in [5.74, 6) is 0. The minimum absolute atomic E-state index is 0.0615. The number of hydrogen-bond donors (Lipinski definition) is 0. The fraction of sp³-hybridized carbons (Fsp3) is 0.0556. The van der Waals surface area contributed by atoms with E-state index in [2.05, 4.69) is 27.2 Å². The molecule has 0 unspecified atom stereocenters. The van der Waals surface area contributed by atoms with E-state index >= 15 is 0 Å². The maximum absolute atomic E-state index is 12.3. The molecule has 0 saturated carbocycles. The van der Waals surface area contributed by atoms with Gasteiger partial charge in [0, 0.05) is 13.1 Å². The summed E-state index contributed by atoms with van der Waals surface area (Å²) >= 11 is 2.14. The van der Waals surface area contributed by atoms with Crippen LogP contribution >= 0.6 is 22.6 Å². The summed E-state index contributed by atoms with van der Waals surface area (Å²) in [7, 11) is 2.01. The zero-order chi connectivity index (χ0) is 14.8. The van der Waals surface area contributed by atoms with E-state index in [1.54, 1.807) is 6.07 Å². The number of nitrogens with zero attached hydrogens (tertiary/aromatic N) is 1. The fourth-order valence-electron chi connectivity index (χ4n) is 2.47. The first-order valence-electron chi connectivity index (χ1n) is 6.69. The molecule has 1 aromatic heterocycles. The number of pyridine rings is 1. The molecule has 2 aromatic carbocycles. The molecule has 0 radical (unpaired) electrons. The highest BCUT2D eigenvalue weighted by molar-refractivity contribution is 14.1. The molecule has 0 amide bonds. The number of hydrogen-bond acceptors (Lipinski definition) is 1. The van der Waals surface area contributed by atoms with Crippen LogP contribution in [-0.2, 0) is 7.05 Å². The normalized spacial score (nSPS) is 10.6. The number of halogens is 1. The van der Waals surface area contributed by atoms with Gasteiger partial charge in [-0.25, -0.2) is 0 Å². The summed E-state index contributed by atoms with van der Waals surface area (Å²) < 4.78 is 2.84. The number of benzene rings is 2. The molecule has 0 aliphatic rings. The molecule has 0 aliphatic heterocycles. The quantitative estimate of drug-likeness (QED) is 0.601. The smallest absolute Gasteiger partial charge is 0.196 e. The van der Waals surface area contributed by atoms with Crippen LogP contribution in [0.1, 0.15) is 0 Å². The summed E-state index contributed by atoms with van der Waals surface area (Å²) in [6.45, 7) is 0. The molecule has 0 saturated heterocycles. The van der Waals surface area contributed by atoms with E-state index < -0.39 is 0 Å². The van der Waals surface area contributed by atoms with Crippen molar-refractivity contribution in [3.63, 3.8) is 0 Å². The van der Waals surface area contributed by atoms with Crippen molar-refractivity contribution in [2.45, 2.75) is 0 Å². The minimum atomic E-state index is 0.0615. The molecule has 3 heteroatoms. The molecular formula is C18H14INO. The van der Waals surface area contributed by atoms with Crippen LogP contribution in [0.25, 0.3) is 22.5 Å². The van der Waals surface area contributed by atoms with Crippen molar-refractivity contribution in [2.24, 2.45) is 7.05 Å². The van der Waals surface area contributed by atoms with Crippen LogP contribution in [0.15, 0.2) is 71.5 Å². The van der Waals surface area contributed by atoms with Crippen molar-refractivity contribution in [2.75, 3.05) is 0 Å². The zero-order valence-electron chi connectivity index (χ0n) is 11.6. The predicted molar refractivity (Wildman–Crippen MR) is 95.3 cm³/mol. The molecule has 0 spiro atoms. The Balaban J connectivity index is 2.31. The maximum Gasteiger partial charge on any atom is 0.196 e. The van der Waals surface area contributed by atoms with Gasteiger partial charge < -0.3 is 4.57 Å². The van der Waals surface area contributed by atoms with E-state index in [0.29, 0.717) is 0 Å². The highest BCUT2D eigenvalue weighted by atomic mass is 127. The second-order valence-electron chi connectivity index (χ2n) is 4.85. The summed E-state index contributed by atoms with van der Waals surface area (Å²) in [5.41, 5.74) is 4.05. The lowest BCUT2D eigenvalue weighted by Crippen LogP contribution is -2.14. The van der Waals surface area contributed by atoms with Crippen molar-refractivity contribution in [3.8, 4) is 22.5 Å². The predicted octanol–water partition coefficient (Wildman–Crippen LogP) is 4.32. The van der Waals surface area contributed by atoms with Crippen molar-refractivity contribution < 1.29 is 0 Å². The minimum Gasteiger partial charge on any atom is -0.343 e. The van der Waals surface area contributed by atoms with E-state index in [0.717, 1.165) is 26.1 Å². The Kier molecular flexibility index (Phi) is 3.92. The Morgan fingerprint density at radius 2 is 1.38 bits per heavy atom. The summed E-state index contributed by atoms with van der Waals surface area (Å²) in [4.78, 5) is 12.3. The molecule has 0 atom stereocenters. The van der Waals surface area contributed by atoms with Gasteiger partial charge in [0.25, 0.3) is 0 Å². The fourth-order valence-corrected chi connectivity index (χ4v) is 3.30. The van der Waals surface area contributed by atoms with Gasteiger partial charge in [0.2, 0.25) is 0 Å². The second-order valence-corrected chi connectivity index (χ2v) is 5.93. The van der Waals surface area contributed by atoms with Gasteiger partial charge in [-0.1, -0.05) is 60.7 Å². The van der Waals surface area contributed by atoms with Gasteiger partial charge in [0.1, 0.15) is 0 Å². The highest BCUT2D eigenvalue weighted by Crippen LogP contribution is 2.27. The monoisotopic (exact) mass is 387 g/mol. The molecule has 0 N–H and O–H groups in total. The molecule has 0 bridgehead atoms. The van der Waals surface area contributed by atoms with Crippen molar-refractivity contribution >= 4 is 22.6 Å². The van der Waals surface area contributed by atoms with E-state index in [9.17, 15) is 4.79 Å². The number of aromatic nitrogens is 1. The molecule has 3 aromatic rings. The van der Waals surface area contributed by atoms with Crippen LogP contribution < -0.4 is 5.43 Å². The molecule has 104 valence electrons. The lowest BCUT2D eigenvalue weighted by atomic mass is 10.1. The van der Waals surface area contributed by atoms with Gasteiger partial charge in [0.15, 0.2) is 5.43 Å². The molecular weight excluding hydrogens is 373 g/mol. The van der Waals surface area contributed by atoms with Crippen molar-refractivity contribution in [1.82, 2.24) is 4.57 Å². The number of rotatable bonds is 2. The van der Waals surface area contributed by atoms with Crippen LogP contribution in [0.4, 0.5) is 0 Å². The standard InChI is InChI=1S/C18H14INO/c1-20-15(13-8-4-2-5-9-13)12-16(21)17(19)18(20)14-10-6-3-7-11-14/h2-12H,1H3.